The quantitative estimate of drug-likeness (QED) is 0.287. The molecule has 1 unspecified atom stereocenters. The summed E-state index contributed by atoms with van der Waals surface area (Å²) in [5.41, 5.74) is 4.89. The molecule has 0 radical (unpaired) electrons. The lowest BCUT2D eigenvalue weighted by molar-refractivity contribution is -0.137. The average Bonchev–Trinajstić information content (AvgIpc) is 3.23. The number of carboxylic acids is 1. The van der Waals surface area contributed by atoms with Gasteiger partial charge in [-0.25, -0.2) is 0 Å². The second-order valence-corrected chi connectivity index (χ2v) is 7.86. The van der Waals surface area contributed by atoms with Crippen molar-refractivity contribution < 1.29 is 24.2 Å². The summed E-state index contributed by atoms with van der Waals surface area (Å²) in [5, 5.41) is 14.5. The van der Waals surface area contributed by atoms with Crippen LogP contribution in [-0.4, -0.2) is 35.2 Å². The van der Waals surface area contributed by atoms with E-state index in [1.165, 1.54) is 25.7 Å². The monoisotopic (exact) mass is 419 g/mol. The molecule has 166 valence electrons. The van der Waals surface area contributed by atoms with Crippen LogP contribution < -0.4 is 21.1 Å². The lowest BCUT2D eigenvalue weighted by Gasteiger charge is -2.32. The van der Waals surface area contributed by atoms with E-state index >= 15 is 0 Å². The molecule has 0 spiro atoms. The van der Waals surface area contributed by atoms with Crippen LogP contribution >= 0.6 is 0 Å². The number of carbonyl (C=O) groups is 3. The van der Waals surface area contributed by atoms with Gasteiger partial charge in [0.05, 0.1) is 6.61 Å². The summed E-state index contributed by atoms with van der Waals surface area (Å²) < 4.78 is 5.51. The van der Waals surface area contributed by atoms with Gasteiger partial charge in [-0.05, 0) is 49.4 Å². The fourth-order valence-electron chi connectivity index (χ4n) is 3.73. The molecule has 2 rings (SSSR count). The first-order valence-corrected chi connectivity index (χ1v) is 10.7. The summed E-state index contributed by atoms with van der Waals surface area (Å²) >= 11 is 0. The molecule has 1 saturated carbocycles. The third kappa shape index (κ3) is 7.24. The highest BCUT2D eigenvalue weighted by Crippen LogP contribution is 2.28. The van der Waals surface area contributed by atoms with Gasteiger partial charge in [0, 0.05) is 18.5 Å². The highest BCUT2D eigenvalue weighted by atomic mass is 16.5. The molecular formula is C22H33N3O5. The van der Waals surface area contributed by atoms with E-state index < -0.39 is 17.5 Å². The number of amides is 2. The van der Waals surface area contributed by atoms with Crippen LogP contribution in [0.25, 0.3) is 0 Å². The first kappa shape index (κ1) is 23.5. The maximum atomic E-state index is 12.5. The van der Waals surface area contributed by atoms with Gasteiger partial charge in [-0.3, -0.25) is 14.4 Å². The van der Waals surface area contributed by atoms with Gasteiger partial charge in [0.15, 0.2) is 5.66 Å². The number of carbonyl (C=O) groups excluding carboxylic acids is 2. The van der Waals surface area contributed by atoms with E-state index in [0.29, 0.717) is 43.2 Å². The molecule has 30 heavy (non-hydrogen) atoms. The molecule has 2 amide bonds. The molecule has 0 bridgehead atoms. The molecular weight excluding hydrogens is 386 g/mol. The van der Waals surface area contributed by atoms with Crippen LogP contribution in [0.4, 0.5) is 5.69 Å². The van der Waals surface area contributed by atoms with Gasteiger partial charge in [0.25, 0.3) is 5.91 Å². The van der Waals surface area contributed by atoms with Crippen molar-refractivity contribution >= 4 is 23.5 Å². The molecule has 1 fully saturated rings. The molecule has 5 N–H and O–H groups in total. The minimum absolute atomic E-state index is 0.0533. The van der Waals surface area contributed by atoms with Crippen molar-refractivity contribution in [2.45, 2.75) is 70.4 Å². The third-order valence-corrected chi connectivity index (χ3v) is 5.57. The van der Waals surface area contributed by atoms with Crippen molar-refractivity contribution in [2.24, 2.45) is 11.7 Å². The van der Waals surface area contributed by atoms with Crippen molar-refractivity contribution in [2.75, 3.05) is 11.9 Å². The minimum Gasteiger partial charge on any atom is -0.494 e. The number of benzene rings is 1. The Balaban J connectivity index is 1.93. The predicted octanol–water partition coefficient (Wildman–Crippen LogP) is 3.02. The standard InChI is InChI=1S/C22H33N3O5/c1-2-22(21(23)29,25-19(26)14-9-16-6-3-4-7-16)24-17-10-12-18(13-11-17)30-15-5-8-20(27)28/h10-13,16,24H,2-9,14-15H2,1H3,(H2,23,29)(H,25,26)(H,27,28). The topological polar surface area (TPSA) is 131 Å². The largest absolute Gasteiger partial charge is 0.494 e. The number of aliphatic carboxylic acids is 1. The predicted molar refractivity (Wildman–Crippen MR) is 114 cm³/mol. The maximum Gasteiger partial charge on any atom is 0.303 e. The van der Waals surface area contributed by atoms with Crippen LogP contribution in [0.3, 0.4) is 0 Å². The molecule has 0 aromatic heterocycles. The lowest BCUT2D eigenvalue weighted by atomic mass is 10.0. The summed E-state index contributed by atoms with van der Waals surface area (Å²) in [6.45, 7) is 2.09. The van der Waals surface area contributed by atoms with Crippen molar-refractivity contribution in [3.05, 3.63) is 24.3 Å². The van der Waals surface area contributed by atoms with E-state index in [1.54, 1.807) is 31.2 Å². The minimum atomic E-state index is -1.36. The summed E-state index contributed by atoms with van der Waals surface area (Å²) in [6.07, 6.45) is 6.78. The second-order valence-electron chi connectivity index (χ2n) is 7.86. The zero-order chi connectivity index (χ0) is 22.0. The second kappa shape index (κ2) is 11.4. The number of rotatable bonds is 13. The fraction of sp³-hybridized carbons (Fsp3) is 0.591. The van der Waals surface area contributed by atoms with Crippen molar-refractivity contribution in [1.82, 2.24) is 5.32 Å². The molecule has 1 atom stereocenters. The van der Waals surface area contributed by atoms with Crippen LogP contribution in [0.2, 0.25) is 0 Å². The summed E-state index contributed by atoms with van der Waals surface area (Å²) in [5.74, 6) is -0.503. The molecule has 8 nitrogen and oxygen atoms in total. The zero-order valence-electron chi connectivity index (χ0n) is 17.6. The van der Waals surface area contributed by atoms with Gasteiger partial charge in [-0.15, -0.1) is 0 Å². The zero-order valence-corrected chi connectivity index (χ0v) is 17.6. The van der Waals surface area contributed by atoms with E-state index in [4.69, 9.17) is 15.6 Å². The number of ether oxygens (including phenoxy) is 1. The van der Waals surface area contributed by atoms with Gasteiger partial charge < -0.3 is 26.2 Å². The third-order valence-electron chi connectivity index (χ3n) is 5.57. The lowest BCUT2D eigenvalue weighted by Crippen LogP contribution is -2.62. The molecule has 8 heteroatoms. The number of nitrogens with one attached hydrogen (secondary N) is 2. The van der Waals surface area contributed by atoms with Gasteiger partial charge in [0.1, 0.15) is 5.75 Å². The van der Waals surface area contributed by atoms with E-state index in [0.717, 1.165) is 6.42 Å². The first-order valence-electron chi connectivity index (χ1n) is 10.7. The van der Waals surface area contributed by atoms with Crippen LogP contribution in [0.5, 0.6) is 5.75 Å². The molecule has 1 aromatic rings. The Kier molecular flexibility index (Phi) is 8.95. The van der Waals surface area contributed by atoms with E-state index in [9.17, 15) is 14.4 Å². The van der Waals surface area contributed by atoms with Gasteiger partial charge in [-0.1, -0.05) is 32.6 Å². The van der Waals surface area contributed by atoms with Gasteiger partial charge in [0.2, 0.25) is 5.91 Å². The van der Waals surface area contributed by atoms with E-state index in [2.05, 4.69) is 10.6 Å². The van der Waals surface area contributed by atoms with Crippen molar-refractivity contribution in [3.8, 4) is 5.75 Å². The number of primary amides is 1. The number of hydrogen-bond donors (Lipinski definition) is 4. The smallest absolute Gasteiger partial charge is 0.303 e. The van der Waals surface area contributed by atoms with Crippen molar-refractivity contribution in [1.29, 1.82) is 0 Å². The van der Waals surface area contributed by atoms with Gasteiger partial charge >= 0.3 is 5.97 Å². The van der Waals surface area contributed by atoms with Crippen LogP contribution in [0.15, 0.2) is 24.3 Å². The van der Waals surface area contributed by atoms with Crippen molar-refractivity contribution in [3.63, 3.8) is 0 Å². The molecule has 0 saturated heterocycles. The number of carboxylic acid groups (broad SMARTS) is 1. The molecule has 1 aliphatic rings. The van der Waals surface area contributed by atoms with Crippen LogP contribution in [0, 0.1) is 5.92 Å². The van der Waals surface area contributed by atoms with Crippen LogP contribution in [-0.2, 0) is 14.4 Å². The maximum absolute atomic E-state index is 12.5. The Bertz CT molecular complexity index is 716. The Morgan fingerprint density at radius 2 is 1.83 bits per heavy atom. The number of hydrogen-bond acceptors (Lipinski definition) is 5. The fourth-order valence-corrected chi connectivity index (χ4v) is 3.73. The average molecular weight is 420 g/mol. The molecule has 0 heterocycles. The molecule has 1 aliphatic carbocycles. The van der Waals surface area contributed by atoms with E-state index in [1.807, 2.05) is 0 Å². The molecule has 1 aromatic carbocycles. The summed E-state index contributed by atoms with van der Waals surface area (Å²) in [4.78, 5) is 35.2. The Morgan fingerprint density at radius 1 is 1.17 bits per heavy atom. The Labute approximate surface area is 177 Å². The Morgan fingerprint density at radius 3 is 2.40 bits per heavy atom. The first-order chi connectivity index (χ1) is 14.3. The molecule has 0 aliphatic heterocycles. The Hall–Kier alpha value is -2.77. The highest BCUT2D eigenvalue weighted by molar-refractivity contribution is 5.92. The summed E-state index contributed by atoms with van der Waals surface area (Å²) in [6, 6.07) is 6.88. The van der Waals surface area contributed by atoms with Gasteiger partial charge in [-0.2, -0.15) is 0 Å². The summed E-state index contributed by atoms with van der Waals surface area (Å²) in [7, 11) is 0. The normalized spacial score (nSPS) is 15.9. The van der Waals surface area contributed by atoms with E-state index in [-0.39, 0.29) is 12.3 Å². The van der Waals surface area contributed by atoms with Crippen LogP contribution in [0.1, 0.15) is 64.7 Å². The number of anilines is 1. The SMILES string of the molecule is CCC(NC(=O)CCC1CCCC1)(Nc1ccc(OCCCC(=O)O)cc1)C(N)=O. The highest BCUT2D eigenvalue weighted by Gasteiger charge is 2.36. The number of nitrogens with two attached hydrogens (primary N) is 1.